The molecule has 0 saturated carbocycles. The van der Waals surface area contributed by atoms with Gasteiger partial charge in [0.1, 0.15) is 11.2 Å². The Morgan fingerprint density at radius 1 is 1.33 bits per heavy atom. The lowest BCUT2D eigenvalue weighted by atomic mass is 9.69. The summed E-state index contributed by atoms with van der Waals surface area (Å²) in [6.45, 7) is 0. The molecule has 1 atom stereocenters. The molecule has 0 amide bonds. The molecule has 18 heavy (non-hydrogen) atoms. The van der Waals surface area contributed by atoms with E-state index in [1.807, 2.05) is 18.2 Å². The minimum absolute atomic E-state index is 0.172. The zero-order valence-corrected chi connectivity index (χ0v) is 10.2. The second kappa shape index (κ2) is 3.83. The van der Waals surface area contributed by atoms with Gasteiger partial charge in [0.05, 0.1) is 13.5 Å². The first kappa shape index (κ1) is 11.3. The van der Waals surface area contributed by atoms with E-state index in [9.17, 15) is 9.59 Å². The molecule has 0 N–H and O–H groups in total. The summed E-state index contributed by atoms with van der Waals surface area (Å²) in [5.41, 5.74) is 1.29. The number of methoxy groups -OCH3 is 1. The number of carbonyl (C=O) groups excluding carboxylic acids is 2. The van der Waals surface area contributed by atoms with Gasteiger partial charge in [0, 0.05) is 0 Å². The van der Waals surface area contributed by atoms with E-state index < -0.39 is 17.4 Å². The SMILES string of the molecule is COc1ccc2c(c1)CCCC21CC(=O)OC1=O. The molecule has 94 valence electrons. The van der Waals surface area contributed by atoms with Crippen molar-refractivity contribution >= 4 is 11.9 Å². The number of ether oxygens (including phenoxy) is 2. The number of fused-ring (bicyclic) bond motifs is 2. The van der Waals surface area contributed by atoms with Gasteiger partial charge in [-0.2, -0.15) is 0 Å². The smallest absolute Gasteiger partial charge is 0.324 e. The number of carbonyl (C=O) groups is 2. The Balaban J connectivity index is 2.12. The molecule has 0 aromatic heterocycles. The molecule has 1 aromatic carbocycles. The topological polar surface area (TPSA) is 52.6 Å². The Hall–Kier alpha value is -1.84. The van der Waals surface area contributed by atoms with Crippen molar-refractivity contribution in [1.82, 2.24) is 0 Å². The molecule has 2 aliphatic rings. The summed E-state index contributed by atoms with van der Waals surface area (Å²) in [6.07, 6.45) is 2.67. The third-order valence-electron chi connectivity index (χ3n) is 3.92. The van der Waals surface area contributed by atoms with Crippen LogP contribution in [0.25, 0.3) is 0 Å². The van der Waals surface area contributed by atoms with Gasteiger partial charge in [-0.3, -0.25) is 9.59 Å². The van der Waals surface area contributed by atoms with E-state index >= 15 is 0 Å². The first-order valence-electron chi connectivity index (χ1n) is 6.08. The van der Waals surface area contributed by atoms with Gasteiger partial charge in [-0.15, -0.1) is 0 Å². The Morgan fingerprint density at radius 3 is 2.83 bits per heavy atom. The number of hydrogen-bond donors (Lipinski definition) is 0. The van der Waals surface area contributed by atoms with Crippen LogP contribution in [-0.4, -0.2) is 19.0 Å². The molecule has 4 nitrogen and oxygen atoms in total. The van der Waals surface area contributed by atoms with Crippen LogP contribution < -0.4 is 4.74 Å². The molecular weight excluding hydrogens is 232 g/mol. The zero-order chi connectivity index (χ0) is 12.8. The molecule has 1 aliphatic carbocycles. The van der Waals surface area contributed by atoms with Crippen LogP contribution in [0.15, 0.2) is 18.2 Å². The normalized spacial score (nSPS) is 26.1. The fraction of sp³-hybridized carbons (Fsp3) is 0.429. The highest BCUT2D eigenvalue weighted by Crippen LogP contribution is 2.45. The van der Waals surface area contributed by atoms with E-state index in [1.54, 1.807) is 7.11 Å². The summed E-state index contributed by atoms with van der Waals surface area (Å²) in [6, 6.07) is 5.68. The highest BCUT2D eigenvalue weighted by Gasteiger charge is 2.52. The van der Waals surface area contributed by atoms with Crippen molar-refractivity contribution in [3.05, 3.63) is 29.3 Å². The third-order valence-corrected chi connectivity index (χ3v) is 3.92. The van der Waals surface area contributed by atoms with Crippen molar-refractivity contribution in [2.75, 3.05) is 7.11 Å². The predicted molar refractivity (Wildman–Crippen MR) is 63.3 cm³/mol. The maximum atomic E-state index is 12.0. The van der Waals surface area contributed by atoms with E-state index in [4.69, 9.17) is 9.47 Å². The third kappa shape index (κ3) is 1.45. The van der Waals surface area contributed by atoms with Crippen molar-refractivity contribution in [1.29, 1.82) is 0 Å². The fourth-order valence-corrected chi connectivity index (χ4v) is 3.04. The Kier molecular flexibility index (Phi) is 2.40. The summed E-state index contributed by atoms with van der Waals surface area (Å²) in [5.74, 6) is -0.0224. The first-order chi connectivity index (χ1) is 8.65. The molecular formula is C14H14O4. The minimum atomic E-state index is -0.739. The Morgan fingerprint density at radius 2 is 2.17 bits per heavy atom. The standard InChI is InChI=1S/C14H14O4/c1-17-10-4-5-11-9(7-10)3-2-6-14(11)8-12(15)18-13(14)16/h4-5,7H,2-3,6,8H2,1H3. The quantitative estimate of drug-likeness (QED) is 0.559. The van der Waals surface area contributed by atoms with E-state index in [2.05, 4.69) is 0 Å². The average molecular weight is 246 g/mol. The minimum Gasteiger partial charge on any atom is -0.497 e. The number of benzene rings is 1. The van der Waals surface area contributed by atoms with Crippen molar-refractivity contribution in [3.63, 3.8) is 0 Å². The molecule has 1 aliphatic heterocycles. The molecule has 1 spiro atoms. The van der Waals surface area contributed by atoms with Gasteiger partial charge < -0.3 is 9.47 Å². The fourth-order valence-electron chi connectivity index (χ4n) is 3.04. The number of rotatable bonds is 1. The van der Waals surface area contributed by atoms with Gasteiger partial charge in [-0.1, -0.05) is 6.07 Å². The van der Waals surface area contributed by atoms with Crippen LogP contribution >= 0.6 is 0 Å². The van der Waals surface area contributed by atoms with Crippen LogP contribution in [0.2, 0.25) is 0 Å². The van der Waals surface area contributed by atoms with Crippen LogP contribution in [0.5, 0.6) is 5.75 Å². The van der Waals surface area contributed by atoms with E-state index in [0.29, 0.717) is 6.42 Å². The lowest BCUT2D eigenvalue weighted by molar-refractivity contribution is -0.153. The number of hydrogen-bond acceptors (Lipinski definition) is 4. The van der Waals surface area contributed by atoms with Gasteiger partial charge in [0.15, 0.2) is 0 Å². The van der Waals surface area contributed by atoms with Gasteiger partial charge in [0.25, 0.3) is 0 Å². The molecule has 0 bridgehead atoms. The van der Waals surface area contributed by atoms with Gasteiger partial charge in [0.2, 0.25) is 0 Å². The lowest BCUT2D eigenvalue weighted by Crippen LogP contribution is -2.35. The van der Waals surface area contributed by atoms with Crippen LogP contribution in [0.4, 0.5) is 0 Å². The zero-order valence-electron chi connectivity index (χ0n) is 10.2. The maximum absolute atomic E-state index is 12.0. The van der Waals surface area contributed by atoms with Crippen LogP contribution in [0, 0.1) is 0 Å². The number of esters is 2. The van der Waals surface area contributed by atoms with Crippen molar-refractivity contribution < 1.29 is 19.1 Å². The highest BCUT2D eigenvalue weighted by molar-refractivity contribution is 6.01. The second-order valence-electron chi connectivity index (χ2n) is 4.90. The molecule has 4 heteroatoms. The van der Waals surface area contributed by atoms with E-state index in [1.165, 1.54) is 0 Å². The maximum Gasteiger partial charge on any atom is 0.324 e. The number of cyclic esters (lactones) is 2. The van der Waals surface area contributed by atoms with E-state index in [-0.39, 0.29) is 6.42 Å². The first-order valence-corrected chi connectivity index (χ1v) is 6.08. The molecule has 3 rings (SSSR count). The molecule has 1 aromatic rings. The summed E-state index contributed by atoms with van der Waals surface area (Å²) < 4.78 is 9.96. The summed E-state index contributed by atoms with van der Waals surface area (Å²) >= 11 is 0. The van der Waals surface area contributed by atoms with Crippen LogP contribution in [0.1, 0.15) is 30.4 Å². The van der Waals surface area contributed by atoms with Gasteiger partial charge >= 0.3 is 11.9 Å². The Labute approximate surface area is 105 Å². The summed E-state index contributed by atoms with van der Waals surface area (Å²) in [7, 11) is 1.62. The summed E-state index contributed by atoms with van der Waals surface area (Å²) in [5, 5.41) is 0. The lowest BCUT2D eigenvalue weighted by Gasteiger charge is -2.31. The molecule has 0 radical (unpaired) electrons. The van der Waals surface area contributed by atoms with Crippen LogP contribution in [0.3, 0.4) is 0 Å². The summed E-state index contributed by atoms with van der Waals surface area (Å²) in [4.78, 5) is 23.4. The van der Waals surface area contributed by atoms with Crippen LogP contribution in [-0.2, 0) is 26.2 Å². The average Bonchev–Trinajstić information content (AvgIpc) is 2.64. The number of aryl methyl sites for hydroxylation is 1. The molecule has 1 saturated heterocycles. The van der Waals surface area contributed by atoms with Gasteiger partial charge in [-0.25, -0.2) is 0 Å². The largest absolute Gasteiger partial charge is 0.497 e. The molecule has 1 heterocycles. The van der Waals surface area contributed by atoms with Crippen molar-refractivity contribution in [3.8, 4) is 5.75 Å². The second-order valence-corrected chi connectivity index (χ2v) is 4.90. The monoisotopic (exact) mass is 246 g/mol. The van der Waals surface area contributed by atoms with Crippen molar-refractivity contribution in [2.45, 2.75) is 31.1 Å². The van der Waals surface area contributed by atoms with Gasteiger partial charge in [-0.05, 0) is 42.5 Å². The molecule has 1 unspecified atom stereocenters. The van der Waals surface area contributed by atoms with E-state index in [0.717, 1.165) is 29.7 Å². The van der Waals surface area contributed by atoms with Crippen molar-refractivity contribution in [2.24, 2.45) is 0 Å². The predicted octanol–water partition coefficient (Wildman–Crippen LogP) is 1.74. The molecule has 1 fully saturated rings. The highest BCUT2D eigenvalue weighted by atomic mass is 16.6. The Bertz CT molecular complexity index is 535.